The summed E-state index contributed by atoms with van der Waals surface area (Å²) in [5.41, 5.74) is 0.177. The summed E-state index contributed by atoms with van der Waals surface area (Å²) in [6.45, 7) is 10.6. The standard InChI is InChI=1S/C23H36N8O3/c1-23(2,3)34-22(33)30-11-9-17(10-12-30)24-21(32)8-7-19-26-25-18-5-6-20(27-31(18)19)29-15-13-28(4)14-16-29/h5-6,17H,7-16H2,1-4H3,(H,24,32). The summed E-state index contributed by atoms with van der Waals surface area (Å²) in [5.74, 6) is 1.56. The quantitative estimate of drug-likeness (QED) is 0.694. The first-order valence-electron chi connectivity index (χ1n) is 12.1. The zero-order valence-electron chi connectivity index (χ0n) is 20.7. The Morgan fingerprint density at radius 2 is 1.76 bits per heavy atom. The molecule has 0 spiro atoms. The molecule has 0 unspecified atom stereocenters. The number of aryl methyl sites for hydroxylation is 1. The number of ether oxygens (including phenoxy) is 1. The fraction of sp³-hybridized carbons (Fsp3) is 0.696. The Morgan fingerprint density at radius 3 is 2.44 bits per heavy atom. The van der Waals surface area contributed by atoms with E-state index in [1.807, 2.05) is 32.9 Å². The number of piperidine rings is 1. The van der Waals surface area contributed by atoms with E-state index in [0.29, 0.717) is 37.4 Å². The summed E-state index contributed by atoms with van der Waals surface area (Å²) < 4.78 is 7.18. The molecule has 2 aromatic heterocycles. The lowest BCUT2D eigenvalue weighted by atomic mass is 10.1. The summed E-state index contributed by atoms with van der Waals surface area (Å²) >= 11 is 0. The van der Waals surface area contributed by atoms with Crippen molar-refractivity contribution in [2.24, 2.45) is 0 Å². The number of likely N-dealkylation sites (tertiary alicyclic amines) is 1. The average molecular weight is 473 g/mol. The Bertz CT molecular complexity index is 1000. The number of carbonyl (C=O) groups is 2. The molecule has 0 aliphatic carbocycles. The van der Waals surface area contributed by atoms with Crippen molar-refractivity contribution < 1.29 is 14.3 Å². The molecular formula is C23H36N8O3. The number of hydrogen-bond donors (Lipinski definition) is 1. The van der Waals surface area contributed by atoms with Crippen molar-refractivity contribution >= 4 is 23.5 Å². The van der Waals surface area contributed by atoms with Crippen LogP contribution in [0.2, 0.25) is 0 Å². The number of anilines is 1. The molecule has 2 aliphatic rings. The van der Waals surface area contributed by atoms with E-state index in [9.17, 15) is 9.59 Å². The third kappa shape index (κ3) is 6.13. The third-order valence-corrected chi connectivity index (χ3v) is 6.23. The average Bonchev–Trinajstić information content (AvgIpc) is 3.20. The molecular weight excluding hydrogens is 436 g/mol. The molecule has 0 atom stereocenters. The van der Waals surface area contributed by atoms with Gasteiger partial charge in [0.15, 0.2) is 11.5 Å². The van der Waals surface area contributed by atoms with Crippen molar-refractivity contribution in [3.05, 3.63) is 18.0 Å². The van der Waals surface area contributed by atoms with E-state index < -0.39 is 5.60 Å². The van der Waals surface area contributed by atoms with Crippen LogP contribution in [0.3, 0.4) is 0 Å². The Kier molecular flexibility index (Phi) is 7.20. The van der Waals surface area contributed by atoms with E-state index in [1.54, 1.807) is 9.42 Å². The Morgan fingerprint density at radius 1 is 1.06 bits per heavy atom. The van der Waals surface area contributed by atoms with Crippen LogP contribution in [0.15, 0.2) is 12.1 Å². The summed E-state index contributed by atoms with van der Waals surface area (Å²) in [4.78, 5) is 31.1. The van der Waals surface area contributed by atoms with E-state index in [-0.39, 0.29) is 18.0 Å². The molecule has 2 amide bonds. The molecule has 11 heteroatoms. The molecule has 2 aliphatic heterocycles. The van der Waals surface area contributed by atoms with Gasteiger partial charge in [0.1, 0.15) is 11.4 Å². The number of carbonyl (C=O) groups excluding carboxylic acids is 2. The number of amides is 2. The predicted molar refractivity (Wildman–Crippen MR) is 128 cm³/mol. The van der Waals surface area contributed by atoms with Gasteiger partial charge in [0.05, 0.1) is 0 Å². The van der Waals surface area contributed by atoms with Gasteiger partial charge in [0.2, 0.25) is 5.91 Å². The van der Waals surface area contributed by atoms with Crippen LogP contribution in [0.4, 0.5) is 10.6 Å². The van der Waals surface area contributed by atoms with Crippen LogP contribution in [-0.4, -0.2) is 99.6 Å². The van der Waals surface area contributed by atoms with Crippen LogP contribution in [-0.2, 0) is 16.0 Å². The van der Waals surface area contributed by atoms with Gasteiger partial charge in [-0.25, -0.2) is 4.79 Å². The smallest absolute Gasteiger partial charge is 0.410 e. The molecule has 2 aromatic rings. The monoisotopic (exact) mass is 472 g/mol. The van der Waals surface area contributed by atoms with Gasteiger partial charge in [-0.3, -0.25) is 4.79 Å². The van der Waals surface area contributed by atoms with Crippen molar-refractivity contribution in [2.45, 2.75) is 58.1 Å². The fourth-order valence-corrected chi connectivity index (χ4v) is 4.24. The van der Waals surface area contributed by atoms with Gasteiger partial charge < -0.3 is 24.8 Å². The van der Waals surface area contributed by atoms with Gasteiger partial charge in [-0.15, -0.1) is 15.3 Å². The number of fused-ring (bicyclic) bond motifs is 1. The van der Waals surface area contributed by atoms with E-state index in [4.69, 9.17) is 9.84 Å². The predicted octanol–water partition coefficient (Wildman–Crippen LogP) is 1.32. The normalized spacial score (nSPS) is 18.4. The van der Waals surface area contributed by atoms with E-state index in [2.05, 4.69) is 32.4 Å². The summed E-state index contributed by atoms with van der Waals surface area (Å²) in [7, 11) is 2.13. The first-order valence-corrected chi connectivity index (χ1v) is 12.1. The highest BCUT2D eigenvalue weighted by Crippen LogP contribution is 2.17. The summed E-state index contributed by atoms with van der Waals surface area (Å²) in [6.07, 6.45) is 1.92. The number of aromatic nitrogens is 4. The van der Waals surface area contributed by atoms with Gasteiger partial charge in [0.25, 0.3) is 0 Å². The molecule has 34 heavy (non-hydrogen) atoms. The molecule has 1 N–H and O–H groups in total. The van der Waals surface area contributed by atoms with Crippen molar-refractivity contribution in [3.63, 3.8) is 0 Å². The van der Waals surface area contributed by atoms with Gasteiger partial charge in [0, 0.05) is 58.2 Å². The Labute approximate surface area is 200 Å². The zero-order chi connectivity index (χ0) is 24.3. The highest BCUT2D eigenvalue weighted by Gasteiger charge is 2.27. The molecule has 0 bridgehead atoms. The SMILES string of the molecule is CN1CCN(c2ccc3nnc(CCC(=O)NC4CCN(C(=O)OC(C)(C)C)CC4)n3n2)CC1. The lowest BCUT2D eigenvalue weighted by Gasteiger charge is -2.33. The number of hydrogen-bond acceptors (Lipinski definition) is 8. The minimum absolute atomic E-state index is 0.0253. The second-order valence-electron chi connectivity index (χ2n) is 10.2. The Hall–Kier alpha value is -2.95. The highest BCUT2D eigenvalue weighted by atomic mass is 16.6. The van der Waals surface area contributed by atoms with E-state index in [0.717, 1.165) is 44.8 Å². The first kappa shape index (κ1) is 24.2. The van der Waals surface area contributed by atoms with Crippen LogP contribution in [0.25, 0.3) is 5.65 Å². The molecule has 2 saturated heterocycles. The zero-order valence-corrected chi connectivity index (χ0v) is 20.7. The first-order chi connectivity index (χ1) is 16.2. The van der Waals surface area contributed by atoms with Crippen molar-refractivity contribution in [3.8, 4) is 0 Å². The lowest BCUT2D eigenvalue weighted by molar-refractivity contribution is -0.122. The topological polar surface area (TPSA) is 108 Å². The van der Waals surface area contributed by atoms with Gasteiger partial charge in [-0.2, -0.15) is 4.52 Å². The molecule has 186 valence electrons. The van der Waals surface area contributed by atoms with Crippen molar-refractivity contribution in [2.75, 3.05) is 51.2 Å². The molecule has 4 heterocycles. The van der Waals surface area contributed by atoms with Crippen LogP contribution < -0.4 is 10.2 Å². The second kappa shape index (κ2) is 10.1. The van der Waals surface area contributed by atoms with Gasteiger partial charge >= 0.3 is 6.09 Å². The van der Waals surface area contributed by atoms with E-state index >= 15 is 0 Å². The van der Waals surface area contributed by atoms with Crippen molar-refractivity contribution in [1.29, 1.82) is 0 Å². The van der Waals surface area contributed by atoms with Crippen molar-refractivity contribution in [1.82, 2.24) is 34.9 Å². The third-order valence-electron chi connectivity index (χ3n) is 6.23. The maximum absolute atomic E-state index is 12.6. The van der Waals surface area contributed by atoms with Gasteiger partial charge in [-0.05, 0) is 52.8 Å². The second-order valence-corrected chi connectivity index (χ2v) is 10.2. The number of piperazine rings is 1. The largest absolute Gasteiger partial charge is 0.444 e. The lowest BCUT2D eigenvalue weighted by Crippen LogP contribution is -2.47. The molecule has 2 fully saturated rings. The number of nitrogens with one attached hydrogen (secondary N) is 1. The molecule has 11 nitrogen and oxygen atoms in total. The maximum atomic E-state index is 12.6. The summed E-state index contributed by atoms with van der Waals surface area (Å²) in [5, 5.41) is 16.3. The summed E-state index contributed by atoms with van der Waals surface area (Å²) in [6, 6.07) is 3.97. The van der Waals surface area contributed by atoms with Crippen LogP contribution in [0, 0.1) is 0 Å². The molecule has 0 aromatic carbocycles. The fourth-order valence-electron chi connectivity index (χ4n) is 4.24. The Balaban J connectivity index is 1.27. The minimum atomic E-state index is -0.506. The molecule has 4 rings (SSSR count). The number of likely N-dealkylation sites (N-methyl/N-ethyl adjacent to an activating group) is 1. The molecule has 0 saturated carbocycles. The highest BCUT2D eigenvalue weighted by molar-refractivity contribution is 5.76. The minimum Gasteiger partial charge on any atom is -0.444 e. The maximum Gasteiger partial charge on any atom is 0.410 e. The van der Waals surface area contributed by atoms with Gasteiger partial charge in [-0.1, -0.05) is 0 Å². The molecule has 0 radical (unpaired) electrons. The number of nitrogens with zero attached hydrogens (tertiary/aromatic N) is 7. The van der Waals surface area contributed by atoms with Crippen LogP contribution >= 0.6 is 0 Å². The number of rotatable bonds is 5. The van der Waals surface area contributed by atoms with Crippen LogP contribution in [0.5, 0.6) is 0 Å². The van der Waals surface area contributed by atoms with Crippen LogP contribution in [0.1, 0.15) is 45.9 Å². The van der Waals surface area contributed by atoms with E-state index in [1.165, 1.54) is 0 Å².